The van der Waals surface area contributed by atoms with E-state index in [-0.39, 0.29) is 31.0 Å². The van der Waals surface area contributed by atoms with Crippen LogP contribution in [-0.2, 0) is 14.3 Å². The van der Waals surface area contributed by atoms with Crippen LogP contribution in [0.1, 0.15) is 18.1 Å². The molecule has 0 heterocycles. The molecule has 0 fully saturated rings. The van der Waals surface area contributed by atoms with E-state index in [1.54, 1.807) is 6.07 Å². The van der Waals surface area contributed by atoms with Crippen molar-refractivity contribution in [2.75, 3.05) is 6.61 Å². The Morgan fingerprint density at radius 2 is 1.96 bits per heavy atom. The second-order valence-electron chi connectivity index (χ2n) is 4.00. The maximum Gasteiger partial charge on any atom is 1.00 e. The number of ether oxygens (including phenoxy) is 2. The average Bonchev–Trinajstić information content (AvgIpc) is 2.45. The predicted octanol–water partition coefficient (Wildman–Crippen LogP) is -1.71. The summed E-state index contributed by atoms with van der Waals surface area (Å²) >= 11 is 0. The zero-order valence-corrected chi connectivity index (χ0v) is 12.6. The third-order valence-corrected chi connectivity index (χ3v) is 2.29. The van der Waals surface area contributed by atoms with Crippen molar-refractivity contribution in [1.29, 1.82) is 5.26 Å². The number of ketones is 1. The maximum atomic E-state index is 12.2. The third-order valence-electron chi connectivity index (χ3n) is 2.29. The van der Waals surface area contributed by atoms with Crippen molar-refractivity contribution in [3.63, 3.8) is 0 Å². The van der Waals surface area contributed by atoms with Crippen molar-refractivity contribution in [3.05, 3.63) is 35.4 Å². The molecule has 1 aromatic rings. The molecule has 0 saturated carbocycles. The smallest absolute Gasteiger partial charge is 0.872 e. The summed E-state index contributed by atoms with van der Waals surface area (Å²) in [5, 5.41) is 20.6. The van der Waals surface area contributed by atoms with Crippen LogP contribution in [0.2, 0.25) is 0 Å². The first-order chi connectivity index (χ1) is 10.7. The molecule has 0 amide bonds. The van der Waals surface area contributed by atoms with Gasteiger partial charge in [0.2, 0.25) is 0 Å². The molecule has 0 radical (unpaired) electrons. The number of halogens is 3. The minimum atomic E-state index is -5.02. The van der Waals surface area contributed by atoms with Crippen molar-refractivity contribution in [1.82, 2.24) is 0 Å². The second-order valence-corrected chi connectivity index (χ2v) is 4.00. The van der Waals surface area contributed by atoms with Gasteiger partial charge in [0.15, 0.2) is 0 Å². The Labute approximate surface area is 146 Å². The van der Waals surface area contributed by atoms with Crippen molar-refractivity contribution < 1.29 is 56.2 Å². The zero-order valence-electron chi connectivity index (χ0n) is 12.6. The zero-order chi connectivity index (χ0) is 17.6. The van der Waals surface area contributed by atoms with E-state index in [9.17, 15) is 27.9 Å². The summed E-state index contributed by atoms with van der Waals surface area (Å²) in [6, 6.07) is 3.99. The molecule has 0 aliphatic rings. The number of rotatable bonds is 5. The summed E-state index contributed by atoms with van der Waals surface area (Å²) < 4.78 is 44.6. The molecule has 1 rings (SSSR count). The van der Waals surface area contributed by atoms with Crippen LogP contribution in [0.15, 0.2) is 24.3 Å². The molecule has 0 bridgehead atoms. The van der Waals surface area contributed by atoms with Gasteiger partial charge in [-0.25, -0.2) is 4.79 Å². The fourth-order valence-electron chi connectivity index (χ4n) is 1.46. The van der Waals surface area contributed by atoms with Crippen LogP contribution in [-0.4, -0.2) is 24.7 Å². The average molecular weight is 335 g/mol. The van der Waals surface area contributed by atoms with E-state index in [4.69, 9.17) is 5.26 Å². The van der Waals surface area contributed by atoms with Gasteiger partial charge in [0.1, 0.15) is 5.75 Å². The van der Waals surface area contributed by atoms with Crippen LogP contribution in [0.4, 0.5) is 13.2 Å². The summed E-state index contributed by atoms with van der Waals surface area (Å²) in [7, 11) is 0. The number of carbonyl (C=O) groups excluding carboxylic acids is 2. The number of hydrogen-bond acceptors (Lipinski definition) is 6. The van der Waals surface area contributed by atoms with Gasteiger partial charge < -0.3 is 14.6 Å². The van der Waals surface area contributed by atoms with E-state index in [2.05, 4.69) is 9.47 Å². The minimum absolute atomic E-state index is 0. The van der Waals surface area contributed by atoms with E-state index in [1.165, 1.54) is 6.92 Å². The molecule has 1 aromatic carbocycles. The number of nitriles is 1. The topological polar surface area (TPSA) is 99.5 Å². The van der Waals surface area contributed by atoms with Crippen molar-refractivity contribution in [2.45, 2.75) is 13.3 Å². The summed E-state index contributed by atoms with van der Waals surface area (Å²) in [6.07, 6.45) is -4.65. The van der Waals surface area contributed by atoms with Crippen molar-refractivity contribution in [2.24, 2.45) is 0 Å². The predicted molar refractivity (Wildman–Crippen MR) is 67.5 cm³/mol. The number of hydrogen-bond donors (Lipinski definition) is 0. The van der Waals surface area contributed by atoms with Gasteiger partial charge in [0.05, 0.1) is 18.2 Å². The minimum Gasteiger partial charge on any atom is -0.872 e. The Morgan fingerprint density at radius 1 is 1.33 bits per heavy atom. The molecule has 0 unspecified atom stereocenters. The Kier molecular flexibility index (Phi) is 8.11. The molecule has 0 aliphatic carbocycles. The van der Waals surface area contributed by atoms with Gasteiger partial charge in [-0.2, -0.15) is 5.26 Å². The van der Waals surface area contributed by atoms with Gasteiger partial charge in [-0.05, 0) is 36.8 Å². The monoisotopic (exact) mass is 335 g/mol. The fraction of sp³-hybridized carbons (Fsp3) is 0.214. The van der Waals surface area contributed by atoms with Crippen LogP contribution in [0.5, 0.6) is 5.75 Å². The fourth-order valence-corrected chi connectivity index (χ4v) is 1.46. The maximum absolute atomic E-state index is 12.2. The Morgan fingerprint density at radius 3 is 2.46 bits per heavy atom. The number of carbonyl (C=O) groups is 2. The molecule has 24 heavy (non-hydrogen) atoms. The molecule has 0 saturated heterocycles. The first-order valence-electron chi connectivity index (χ1n) is 6.07. The van der Waals surface area contributed by atoms with Crippen LogP contribution >= 0.6 is 0 Å². The molecule has 0 atom stereocenters. The van der Waals surface area contributed by atoms with Gasteiger partial charge in [-0.15, -0.1) is 13.2 Å². The van der Waals surface area contributed by atoms with Gasteiger partial charge in [0.25, 0.3) is 5.78 Å². The van der Waals surface area contributed by atoms with Gasteiger partial charge in [-0.1, -0.05) is 5.76 Å². The van der Waals surface area contributed by atoms with Crippen LogP contribution in [0, 0.1) is 11.3 Å². The van der Waals surface area contributed by atoms with Gasteiger partial charge in [0, 0.05) is 0 Å². The molecule has 0 spiro atoms. The number of esters is 1. The van der Waals surface area contributed by atoms with Gasteiger partial charge >= 0.3 is 31.2 Å². The number of benzene rings is 1. The molecule has 0 aromatic heterocycles. The first-order valence-corrected chi connectivity index (χ1v) is 6.07. The van der Waals surface area contributed by atoms with Crippen LogP contribution < -0.4 is 28.7 Å². The molecule has 0 N–H and O–H groups in total. The SMILES string of the molecule is CCOC(=O)C(=O)C=C([O-])c1cc(C#N)cc(OC(F)(F)F)c1.[Li+]. The Hall–Kier alpha value is -2.42. The van der Waals surface area contributed by atoms with Crippen molar-refractivity contribution >= 4 is 17.5 Å². The van der Waals surface area contributed by atoms with Gasteiger partial charge in [-0.3, -0.25) is 4.79 Å². The summed E-state index contributed by atoms with van der Waals surface area (Å²) in [5.74, 6) is -4.40. The molecular weight excluding hydrogens is 326 g/mol. The van der Waals surface area contributed by atoms with Crippen LogP contribution in [0.3, 0.4) is 0 Å². The van der Waals surface area contributed by atoms with Crippen LogP contribution in [0.25, 0.3) is 5.76 Å². The molecule has 0 aliphatic heterocycles. The number of nitrogens with zero attached hydrogens (tertiary/aromatic N) is 1. The largest absolute Gasteiger partial charge is 1.00 e. The summed E-state index contributed by atoms with van der Waals surface area (Å²) in [5.41, 5.74) is -0.701. The van der Waals surface area contributed by atoms with E-state index in [0.717, 1.165) is 12.1 Å². The van der Waals surface area contributed by atoms with E-state index < -0.39 is 35.2 Å². The standard InChI is InChI=1S/C14H10F3NO5.Li/c1-2-22-13(21)12(20)6-11(19)9-3-8(7-18)4-10(5-9)23-14(15,16)17;/h3-6,19H,2H2,1H3;/q;+1/p-1. The summed E-state index contributed by atoms with van der Waals surface area (Å²) in [6.45, 7) is 1.37. The Balaban J connectivity index is 0.00000529. The Bertz CT molecular complexity index is 695. The van der Waals surface area contributed by atoms with Crippen molar-refractivity contribution in [3.8, 4) is 11.8 Å². The number of alkyl halides is 3. The molecule has 6 nitrogen and oxygen atoms in total. The third kappa shape index (κ3) is 6.78. The normalized spacial score (nSPS) is 11.0. The van der Waals surface area contributed by atoms with E-state index in [1.807, 2.05) is 0 Å². The quantitative estimate of drug-likeness (QED) is 0.209. The summed E-state index contributed by atoms with van der Waals surface area (Å²) in [4.78, 5) is 22.5. The molecular formula is C14H9F3LiNO5. The first kappa shape index (κ1) is 21.6. The molecule has 122 valence electrons. The second kappa shape index (κ2) is 9.02. The molecule has 10 heteroatoms. The van der Waals surface area contributed by atoms with E-state index in [0.29, 0.717) is 12.1 Å². The van der Waals surface area contributed by atoms with E-state index >= 15 is 0 Å².